The zero-order valence-electron chi connectivity index (χ0n) is 17.7. The third-order valence-corrected chi connectivity index (χ3v) is 5.05. The normalized spacial score (nSPS) is 12.6. The van der Waals surface area contributed by atoms with Crippen molar-refractivity contribution in [3.05, 3.63) is 89.5 Å². The molecule has 0 bridgehead atoms. The molecule has 0 aliphatic heterocycles. The maximum Gasteiger partial charge on any atom is 0.416 e. The number of benzene rings is 3. The lowest BCUT2D eigenvalue weighted by Crippen LogP contribution is -2.06. The van der Waals surface area contributed by atoms with Crippen molar-refractivity contribution in [1.82, 2.24) is 15.0 Å². The van der Waals surface area contributed by atoms with Gasteiger partial charge in [-0.25, -0.2) is 15.0 Å². The van der Waals surface area contributed by atoms with Gasteiger partial charge in [-0.2, -0.15) is 39.5 Å². The Bertz CT molecular complexity index is 1170. The standard InChI is InChI=1S/C24H12F9N3/c25-22(26,27)16-7-1-13(2-8-16)19-34-20(14-3-9-17(10-4-14)23(28,29)30)36-21(35-19)15-5-11-18(12-6-15)24(31,32)33/h1-12H. The molecule has 0 atom stereocenters. The van der Waals surface area contributed by atoms with Crippen LogP contribution in [0.1, 0.15) is 16.7 Å². The zero-order chi connectivity index (χ0) is 26.3. The van der Waals surface area contributed by atoms with Crippen molar-refractivity contribution in [2.45, 2.75) is 18.5 Å². The molecule has 4 rings (SSSR count). The highest BCUT2D eigenvalue weighted by Gasteiger charge is 2.32. The van der Waals surface area contributed by atoms with Crippen molar-refractivity contribution >= 4 is 0 Å². The van der Waals surface area contributed by atoms with Gasteiger partial charge < -0.3 is 0 Å². The highest BCUT2D eigenvalue weighted by atomic mass is 19.4. The molecule has 186 valence electrons. The highest BCUT2D eigenvalue weighted by Crippen LogP contribution is 2.34. The Labute approximate surface area is 197 Å². The van der Waals surface area contributed by atoms with Crippen molar-refractivity contribution in [3.63, 3.8) is 0 Å². The van der Waals surface area contributed by atoms with Crippen LogP contribution in [0.25, 0.3) is 34.2 Å². The molecule has 4 aromatic rings. The molecule has 0 saturated heterocycles. The fraction of sp³-hybridized carbons (Fsp3) is 0.125. The molecule has 0 N–H and O–H groups in total. The molecular weight excluding hydrogens is 501 g/mol. The van der Waals surface area contributed by atoms with Crippen LogP contribution in [0.4, 0.5) is 39.5 Å². The SMILES string of the molecule is FC(F)(F)c1ccc(-c2nc(-c3ccc(C(F)(F)F)cc3)nc(-c3ccc(C(F)(F)F)cc3)n2)cc1. The second kappa shape index (κ2) is 8.92. The van der Waals surface area contributed by atoms with Gasteiger partial charge in [-0.15, -0.1) is 0 Å². The molecule has 0 radical (unpaired) electrons. The van der Waals surface area contributed by atoms with Gasteiger partial charge in [0.2, 0.25) is 0 Å². The Morgan fingerprint density at radius 1 is 0.333 bits per heavy atom. The molecule has 0 unspecified atom stereocenters. The average molecular weight is 513 g/mol. The van der Waals surface area contributed by atoms with E-state index >= 15 is 0 Å². The van der Waals surface area contributed by atoms with Crippen LogP contribution in [0, 0.1) is 0 Å². The van der Waals surface area contributed by atoms with Crippen LogP contribution in [0.5, 0.6) is 0 Å². The largest absolute Gasteiger partial charge is 0.416 e. The van der Waals surface area contributed by atoms with Crippen LogP contribution in [-0.2, 0) is 18.5 Å². The lowest BCUT2D eigenvalue weighted by Gasteiger charge is -2.11. The smallest absolute Gasteiger partial charge is 0.208 e. The first-order chi connectivity index (χ1) is 16.7. The monoisotopic (exact) mass is 513 g/mol. The maximum atomic E-state index is 12.9. The van der Waals surface area contributed by atoms with Crippen molar-refractivity contribution in [3.8, 4) is 34.2 Å². The Morgan fingerprint density at radius 3 is 0.694 bits per heavy atom. The lowest BCUT2D eigenvalue weighted by molar-refractivity contribution is -0.138. The van der Waals surface area contributed by atoms with Crippen molar-refractivity contribution in [2.75, 3.05) is 0 Å². The Kier molecular flexibility index (Phi) is 6.23. The Hall–Kier alpha value is -3.96. The van der Waals surface area contributed by atoms with Gasteiger partial charge >= 0.3 is 18.5 Å². The Balaban J connectivity index is 1.82. The van der Waals surface area contributed by atoms with E-state index in [1.165, 1.54) is 0 Å². The summed E-state index contributed by atoms with van der Waals surface area (Å²) < 4.78 is 116. The third-order valence-electron chi connectivity index (χ3n) is 5.05. The molecule has 3 aromatic carbocycles. The van der Waals surface area contributed by atoms with E-state index in [1.54, 1.807) is 0 Å². The zero-order valence-corrected chi connectivity index (χ0v) is 17.7. The summed E-state index contributed by atoms with van der Waals surface area (Å²) in [5.74, 6) is -0.365. The van der Waals surface area contributed by atoms with E-state index in [9.17, 15) is 39.5 Å². The molecule has 0 aliphatic carbocycles. The fourth-order valence-electron chi connectivity index (χ4n) is 3.19. The van der Waals surface area contributed by atoms with Gasteiger partial charge in [-0.3, -0.25) is 0 Å². The summed E-state index contributed by atoms with van der Waals surface area (Å²) in [6, 6.07) is 11.4. The van der Waals surface area contributed by atoms with Gasteiger partial charge in [-0.1, -0.05) is 36.4 Å². The van der Waals surface area contributed by atoms with Gasteiger partial charge in [0.05, 0.1) is 16.7 Å². The second-order valence-corrected chi connectivity index (χ2v) is 7.53. The lowest BCUT2D eigenvalue weighted by atomic mass is 10.1. The minimum atomic E-state index is -4.59. The van der Waals surface area contributed by atoms with E-state index in [-0.39, 0.29) is 34.2 Å². The number of halogens is 9. The molecule has 0 saturated carbocycles. The minimum Gasteiger partial charge on any atom is -0.208 e. The molecule has 0 aliphatic rings. The number of hydrogen-bond donors (Lipinski definition) is 0. The van der Waals surface area contributed by atoms with Crippen LogP contribution in [0.15, 0.2) is 72.8 Å². The highest BCUT2D eigenvalue weighted by molar-refractivity contribution is 5.67. The van der Waals surface area contributed by atoms with Crippen LogP contribution >= 0.6 is 0 Å². The minimum absolute atomic E-state index is 0.122. The Morgan fingerprint density at radius 2 is 0.528 bits per heavy atom. The van der Waals surface area contributed by atoms with Crippen molar-refractivity contribution in [2.24, 2.45) is 0 Å². The van der Waals surface area contributed by atoms with Crippen LogP contribution in [0.2, 0.25) is 0 Å². The van der Waals surface area contributed by atoms with E-state index in [1.807, 2.05) is 0 Å². The van der Waals surface area contributed by atoms with E-state index in [4.69, 9.17) is 0 Å². The van der Waals surface area contributed by atoms with Crippen molar-refractivity contribution in [1.29, 1.82) is 0 Å². The number of aromatic nitrogens is 3. The van der Waals surface area contributed by atoms with Crippen LogP contribution in [0.3, 0.4) is 0 Å². The van der Waals surface area contributed by atoms with Gasteiger partial charge in [0.15, 0.2) is 17.5 Å². The van der Waals surface area contributed by atoms with Gasteiger partial charge in [0, 0.05) is 16.7 Å². The summed E-state index contributed by atoms with van der Waals surface area (Å²) in [5, 5.41) is 0. The van der Waals surface area contributed by atoms with Crippen LogP contribution < -0.4 is 0 Å². The third kappa shape index (κ3) is 5.47. The number of alkyl halides is 9. The first-order valence-electron chi connectivity index (χ1n) is 10.0. The van der Waals surface area contributed by atoms with Crippen molar-refractivity contribution < 1.29 is 39.5 Å². The number of hydrogen-bond acceptors (Lipinski definition) is 3. The summed E-state index contributed by atoms with van der Waals surface area (Å²) >= 11 is 0. The van der Waals surface area contributed by atoms with E-state index in [0.29, 0.717) is 0 Å². The number of rotatable bonds is 3. The first-order valence-corrected chi connectivity index (χ1v) is 10.0. The summed E-state index contributed by atoms with van der Waals surface area (Å²) in [6.07, 6.45) is -13.8. The topological polar surface area (TPSA) is 38.7 Å². The molecule has 12 heteroatoms. The summed E-state index contributed by atoms with van der Waals surface area (Å²) in [4.78, 5) is 12.5. The first kappa shape index (κ1) is 25.1. The molecule has 1 heterocycles. The molecule has 3 nitrogen and oxygen atoms in total. The van der Waals surface area contributed by atoms with Gasteiger partial charge in [-0.05, 0) is 36.4 Å². The predicted molar refractivity (Wildman–Crippen MR) is 111 cm³/mol. The quantitative estimate of drug-likeness (QED) is 0.261. The van der Waals surface area contributed by atoms with E-state index < -0.39 is 35.2 Å². The number of nitrogens with zero attached hydrogens (tertiary/aromatic N) is 3. The molecule has 1 aromatic heterocycles. The predicted octanol–water partition coefficient (Wildman–Crippen LogP) is 7.93. The van der Waals surface area contributed by atoms with Crippen LogP contribution in [-0.4, -0.2) is 15.0 Å². The second-order valence-electron chi connectivity index (χ2n) is 7.53. The molecule has 0 spiro atoms. The molecular formula is C24H12F9N3. The van der Waals surface area contributed by atoms with E-state index in [0.717, 1.165) is 72.8 Å². The fourth-order valence-corrected chi connectivity index (χ4v) is 3.19. The van der Waals surface area contributed by atoms with Gasteiger partial charge in [0.25, 0.3) is 0 Å². The average Bonchev–Trinajstić information content (AvgIpc) is 2.82. The van der Waals surface area contributed by atoms with Gasteiger partial charge in [0.1, 0.15) is 0 Å². The summed E-state index contributed by atoms with van der Waals surface area (Å²) in [5.41, 5.74) is -2.38. The molecule has 36 heavy (non-hydrogen) atoms. The summed E-state index contributed by atoms with van der Waals surface area (Å²) in [7, 11) is 0. The summed E-state index contributed by atoms with van der Waals surface area (Å²) in [6.45, 7) is 0. The molecule has 0 amide bonds. The van der Waals surface area contributed by atoms with E-state index in [2.05, 4.69) is 15.0 Å². The maximum absolute atomic E-state index is 12.9. The molecule has 0 fully saturated rings.